The fraction of sp³-hybridized carbons (Fsp3) is 0.143. The van der Waals surface area contributed by atoms with Crippen LogP contribution in [0.4, 0.5) is 13.2 Å². The van der Waals surface area contributed by atoms with Gasteiger partial charge < -0.3 is 4.74 Å². The molecule has 0 spiro atoms. The SMILES string of the molecule is COc1cccc(-c2cc(C(F)(F)F)n3nc(C)c(-c4cccc(Cl)c4)c3n2)c1. The minimum absolute atomic E-state index is 0.109. The van der Waals surface area contributed by atoms with Gasteiger partial charge in [-0.15, -0.1) is 0 Å². The average Bonchev–Trinajstić information content (AvgIpc) is 3.02. The summed E-state index contributed by atoms with van der Waals surface area (Å²) in [6.07, 6.45) is -4.61. The first-order chi connectivity index (χ1) is 13.8. The van der Waals surface area contributed by atoms with Crippen LogP contribution in [0.3, 0.4) is 0 Å². The Labute approximate surface area is 169 Å². The number of aromatic nitrogens is 3. The second kappa shape index (κ2) is 7.08. The van der Waals surface area contributed by atoms with E-state index in [0.717, 1.165) is 10.6 Å². The Hall–Kier alpha value is -3.06. The molecule has 0 fully saturated rings. The number of benzene rings is 2. The van der Waals surface area contributed by atoms with Gasteiger partial charge in [0.1, 0.15) is 5.75 Å². The summed E-state index contributed by atoms with van der Waals surface area (Å²) in [7, 11) is 1.49. The molecular weight excluding hydrogens is 403 g/mol. The van der Waals surface area contributed by atoms with Crippen LogP contribution < -0.4 is 4.74 Å². The molecule has 29 heavy (non-hydrogen) atoms. The summed E-state index contributed by atoms with van der Waals surface area (Å²) in [6.45, 7) is 1.65. The molecule has 0 bridgehead atoms. The van der Waals surface area contributed by atoms with Gasteiger partial charge in [0.25, 0.3) is 0 Å². The number of halogens is 4. The lowest BCUT2D eigenvalue weighted by Crippen LogP contribution is -2.13. The Balaban J connectivity index is 2.05. The van der Waals surface area contributed by atoms with Crippen molar-refractivity contribution < 1.29 is 17.9 Å². The molecule has 4 rings (SSSR count). The molecule has 0 unspecified atom stereocenters. The minimum atomic E-state index is -4.61. The first kappa shape index (κ1) is 19.3. The lowest BCUT2D eigenvalue weighted by molar-refractivity contribution is -0.142. The smallest absolute Gasteiger partial charge is 0.433 e. The standard InChI is InChI=1S/C21H15ClF3N3O/c1-12-19(14-6-3-7-15(22)9-14)20-26-17(13-5-4-8-16(10-13)29-2)11-18(21(23,24)25)28(20)27-12/h3-11H,1-2H3. The molecule has 0 aliphatic carbocycles. The largest absolute Gasteiger partial charge is 0.497 e. The normalized spacial score (nSPS) is 11.8. The number of hydrogen-bond donors (Lipinski definition) is 0. The maximum atomic E-state index is 13.8. The number of rotatable bonds is 3. The van der Waals surface area contributed by atoms with Crippen molar-refractivity contribution in [3.63, 3.8) is 0 Å². The molecule has 2 aromatic carbocycles. The number of fused-ring (bicyclic) bond motifs is 1. The van der Waals surface area contributed by atoms with Crippen molar-refractivity contribution >= 4 is 17.2 Å². The highest BCUT2D eigenvalue weighted by molar-refractivity contribution is 6.30. The van der Waals surface area contributed by atoms with Crippen LogP contribution in [0.25, 0.3) is 28.0 Å². The molecule has 0 saturated heterocycles. The van der Waals surface area contributed by atoms with Crippen LogP contribution in [0, 0.1) is 6.92 Å². The van der Waals surface area contributed by atoms with Crippen molar-refractivity contribution in [3.05, 3.63) is 71.0 Å². The van der Waals surface area contributed by atoms with E-state index in [-0.39, 0.29) is 11.3 Å². The van der Waals surface area contributed by atoms with Crippen LogP contribution in [0.15, 0.2) is 54.6 Å². The van der Waals surface area contributed by atoms with E-state index < -0.39 is 11.9 Å². The summed E-state index contributed by atoms with van der Waals surface area (Å²) in [6, 6.07) is 14.6. The van der Waals surface area contributed by atoms with Gasteiger partial charge in [0, 0.05) is 16.1 Å². The summed E-state index contributed by atoms with van der Waals surface area (Å²) >= 11 is 6.09. The Morgan fingerprint density at radius 1 is 1.00 bits per heavy atom. The van der Waals surface area contributed by atoms with Crippen LogP contribution in [-0.2, 0) is 6.18 Å². The third-order valence-electron chi connectivity index (χ3n) is 4.53. The second-order valence-electron chi connectivity index (χ2n) is 6.46. The van der Waals surface area contributed by atoms with Crippen molar-refractivity contribution in [2.75, 3.05) is 7.11 Å². The number of alkyl halides is 3. The Bertz CT molecular complexity index is 1220. The molecule has 0 saturated carbocycles. The van der Waals surface area contributed by atoms with E-state index in [1.807, 2.05) is 0 Å². The molecule has 0 radical (unpaired) electrons. The van der Waals surface area contributed by atoms with Crippen LogP contribution in [0.1, 0.15) is 11.4 Å². The summed E-state index contributed by atoms with van der Waals surface area (Å²) in [4.78, 5) is 4.52. The van der Waals surface area contributed by atoms with Gasteiger partial charge >= 0.3 is 6.18 Å². The summed E-state index contributed by atoms with van der Waals surface area (Å²) in [5, 5.41) is 4.59. The lowest BCUT2D eigenvalue weighted by atomic mass is 10.1. The predicted molar refractivity (Wildman–Crippen MR) is 105 cm³/mol. The van der Waals surface area contributed by atoms with Crippen LogP contribution >= 0.6 is 11.6 Å². The van der Waals surface area contributed by atoms with Gasteiger partial charge in [0.2, 0.25) is 0 Å². The molecule has 148 valence electrons. The highest BCUT2D eigenvalue weighted by Crippen LogP contribution is 2.36. The quantitative estimate of drug-likeness (QED) is 0.407. The van der Waals surface area contributed by atoms with Gasteiger partial charge in [-0.1, -0.05) is 35.9 Å². The van der Waals surface area contributed by atoms with Crippen LogP contribution in [-0.4, -0.2) is 21.7 Å². The summed E-state index contributed by atoms with van der Waals surface area (Å²) < 4.78 is 47.5. The maximum Gasteiger partial charge on any atom is 0.433 e. The Morgan fingerprint density at radius 2 is 1.72 bits per heavy atom. The molecule has 4 nitrogen and oxygen atoms in total. The second-order valence-corrected chi connectivity index (χ2v) is 6.90. The van der Waals surface area contributed by atoms with Crippen molar-refractivity contribution in [2.24, 2.45) is 0 Å². The molecular formula is C21H15ClF3N3O. The fourth-order valence-corrected chi connectivity index (χ4v) is 3.43. The van der Waals surface area contributed by atoms with Gasteiger partial charge in [-0.25, -0.2) is 9.50 Å². The Morgan fingerprint density at radius 3 is 2.41 bits per heavy atom. The molecule has 0 N–H and O–H groups in total. The van der Waals surface area contributed by atoms with E-state index in [4.69, 9.17) is 16.3 Å². The van der Waals surface area contributed by atoms with E-state index in [1.54, 1.807) is 55.5 Å². The first-order valence-corrected chi connectivity index (χ1v) is 9.03. The third kappa shape index (κ3) is 3.53. The van der Waals surface area contributed by atoms with E-state index >= 15 is 0 Å². The van der Waals surface area contributed by atoms with E-state index in [1.165, 1.54) is 7.11 Å². The maximum absolute atomic E-state index is 13.8. The van der Waals surface area contributed by atoms with Gasteiger partial charge in [-0.3, -0.25) is 0 Å². The Kier molecular flexibility index (Phi) is 4.70. The van der Waals surface area contributed by atoms with Crippen molar-refractivity contribution in [1.82, 2.24) is 14.6 Å². The molecule has 2 heterocycles. The van der Waals surface area contributed by atoms with Crippen molar-refractivity contribution in [1.29, 1.82) is 0 Å². The molecule has 8 heteroatoms. The van der Waals surface area contributed by atoms with Crippen LogP contribution in [0.2, 0.25) is 5.02 Å². The fourth-order valence-electron chi connectivity index (χ4n) is 3.24. The van der Waals surface area contributed by atoms with E-state index in [9.17, 15) is 13.2 Å². The summed E-state index contributed by atoms with van der Waals surface area (Å²) in [5.74, 6) is 0.525. The number of nitrogens with zero attached hydrogens (tertiary/aromatic N) is 3. The topological polar surface area (TPSA) is 39.4 Å². The highest BCUT2D eigenvalue weighted by atomic mass is 35.5. The zero-order chi connectivity index (χ0) is 20.8. The van der Waals surface area contributed by atoms with Crippen LogP contribution in [0.5, 0.6) is 5.75 Å². The summed E-state index contributed by atoms with van der Waals surface area (Å²) in [5.41, 5.74) is 1.46. The first-order valence-electron chi connectivity index (χ1n) is 8.66. The van der Waals surface area contributed by atoms with Crippen molar-refractivity contribution in [3.8, 4) is 28.1 Å². The zero-order valence-electron chi connectivity index (χ0n) is 15.5. The number of aryl methyl sites for hydroxylation is 1. The van der Waals surface area contributed by atoms with Gasteiger partial charge in [-0.05, 0) is 42.8 Å². The molecule has 2 aromatic heterocycles. The number of hydrogen-bond acceptors (Lipinski definition) is 3. The molecule has 0 aliphatic rings. The zero-order valence-corrected chi connectivity index (χ0v) is 16.2. The number of ether oxygens (including phenoxy) is 1. The van der Waals surface area contributed by atoms with Gasteiger partial charge in [0.15, 0.2) is 11.3 Å². The van der Waals surface area contributed by atoms with Crippen molar-refractivity contribution in [2.45, 2.75) is 13.1 Å². The number of methoxy groups -OCH3 is 1. The molecule has 0 aliphatic heterocycles. The van der Waals surface area contributed by atoms with Gasteiger partial charge in [-0.2, -0.15) is 18.3 Å². The third-order valence-corrected chi connectivity index (χ3v) is 4.77. The highest BCUT2D eigenvalue weighted by Gasteiger charge is 2.36. The van der Waals surface area contributed by atoms with E-state index in [2.05, 4.69) is 10.1 Å². The lowest BCUT2D eigenvalue weighted by Gasteiger charge is -2.12. The predicted octanol–water partition coefficient (Wildman–Crippen LogP) is 6.05. The van der Waals surface area contributed by atoms with E-state index in [0.29, 0.717) is 33.2 Å². The van der Waals surface area contributed by atoms with Gasteiger partial charge in [0.05, 0.1) is 18.5 Å². The minimum Gasteiger partial charge on any atom is -0.497 e. The monoisotopic (exact) mass is 417 g/mol. The molecule has 0 atom stereocenters. The molecule has 4 aromatic rings. The molecule has 0 amide bonds. The average molecular weight is 418 g/mol.